The summed E-state index contributed by atoms with van der Waals surface area (Å²) in [5, 5.41) is 12.2. The first-order chi connectivity index (χ1) is 8.71. The summed E-state index contributed by atoms with van der Waals surface area (Å²) in [6.07, 6.45) is 0.528. The van der Waals surface area contributed by atoms with Crippen LogP contribution in [0.1, 0.15) is 16.8 Å². The van der Waals surface area contributed by atoms with E-state index in [0.717, 1.165) is 0 Å². The minimum Gasteiger partial charge on any atom is -0.493 e. The fraction of sp³-hybridized carbons (Fsp3) is 0.333. The van der Waals surface area contributed by atoms with E-state index < -0.39 is 0 Å². The summed E-state index contributed by atoms with van der Waals surface area (Å²) < 4.78 is 10.0. The molecule has 1 aromatic rings. The lowest BCUT2D eigenvalue weighted by molar-refractivity contribution is 0.0600. The first-order valence-corrected chi connectivity index (χ1v) is 6.40. The van der Waals surface area contributed by atoms with E-state index in [9.17, 15) is 4.79 Å². The molecule has 0 saturated carbocycles. The van der Waals surface area contributed by atoms with E-state index in [1.807, 2.05) is 0 Å². The maximum atomic E-state index is 11.2. The summed E-state index contributed by atoms with van der Waals surface area (Å²) in [7, 11) is 1.34. The Hall–Kier alpha value is -1.56. The number of ether oxygens (including phenoxy) is 2. The predicted octanol–water partition coefficient (Wildman–Crippen LogP) is 2.47. The number of nitrogens with zero attached hydrogens (tertiary/aromatic N) is 1. The monoisotopic (exact) mass is 315 g/mol. The minimum atomic E-state index is -0.379. The van der Waals surface area contributed by atoms with Crippen LogP contribution in [0.3, 0.4) is 0 Å². The zero-order chi connectivity index (χ0) is 13.4. The van der Waals surface area contributed by atoms with Gasteiger partial charge in [-0.25, -0.2) is 4.79 Å². The number of alkyl halides is 1. The highest BCUT2D eigenvalue weighted by Crippen LogP contribution is 2.13. The third-order valence-electron chi connectivity index (χ3n) is 2.23. The third-order valence-corrected chi connectivity index (χ3v) is 2.88. The lowest BCUT2D eigenvalue weighted by Gasteiger charge is -2.06. The maximum Gasteiger partial charge on any atom is 0.337 e. The molecular formula is C12H14BrNO4. The molecule has 0 aliphatic heterocycles. The predicted molar refractivity (Wildman–Crippen MR) is 70.9 cm³/mol. The number of hydrogen-bond donors (Lipinski definition) is 1. The maximum absolute atomic E-state index is 11.2. The molecule has 0 atom stereocenters. The number of benzene rings is 1. The molecule has 0 spiro atoms. The van der Waals surface area contributed by atoms with Gasteiger partial charge in [-0.1, -0.05) is 21.1 Å². The van der Waals surface area contributed by atoms with E-state index in [2.05, 4.69) is 25.8 Å². The number of halogens is 1. The van der Waals surface area contributed by atoms with E-state index in [0.29, 0.717) is 35.4 Å². The van der Waals surface area contributed by atoms with Gasteiger partial charge in [0.05, 0.1) is 25.0 Å². The Bertz CT molecular complexity index is 417. The fourth-order valence-corrected chi connectivity index (χ4v) is 1.63. The highest BCUT2D eigenvalue weighted by molar-refractivity contribution is 9.09. The van der Waals surface area contributed by atoms with E-state index in [1.165, 1.54) is 7.11 Å². The number of carbonyl (C=O) groups is 1. The summed E-state index contributed by atoms with van der Waals surface area (Å²) in [4.78, 5) is 11.2. The Labute approximate surface area is 114 Å². The van der Waals surface area contributed by atoms with Crippen LogP contribution in [-0.4, -0.2) is 35.9 Å². The number of rotatable bonds is 6. The van der Waals surface area contributed by atoms with Gasteiger partial charge in [0.15, 0.2) is 0 Å². The molecule has 6 heteroatoms. The van der Waals surface area contributed by atoms with E-state index in [-0.39, 0.29) is 5.97 Å². The Balaban J connectivity index is 2.47. The topological polar surface area (TPSA) is 68.1 Å². The van der Waals surface area contributed by atoms with Gasteiger partial charge in [0, 0.05) is 11.8 Å². The number of methoxy groups -OCH3 is 1. The molecule has 18 heavy (non-hydrogen) atoms. The average Bonchev–Trinajstić information content (AvgIpc) is 2.43. The zero-order valence-corrected chi connectivity index (χ0v) is 11.5. The summed E-state index contributed by atoms with van der Waals surface area (Å²) in [5.41, 5.74) is 1.09. The van der Waals surface area contributed by atoms with Crippen LogP contribution in [0.5, 0.6) is 5.75 Å². The molecule has 0 aliphatic carbocycles. The zero-order valence-electron chi connectivity index (χ0n) is 9.93. The van der Waals surface area contributed by atoms with Gasteiger partial charge in [0.25, 0.3) is 0 Å². The molecule has 0 amide bonds. The van der Waals surface area contributed by atoms with Crippen molar-refractivity contribution < 1.29 is 19.5 Å². The highest BCUT2D eigenvalue weighted by Gasteiger charge is 2.05. The van der Waals surface area contributed by atoms with Crippen LogP contribution in [-0.2, 0) is 4.74 Å². The normalized spacial score (nSPS) is 11.1. The van der Waals surface area contributed by atoms with Crippen LogP contribution in [0.25, 0.3) is 0 Å². The van der Waals surface area contributed by atoms with Crippen molar-refractivity contribution in [2.45, 2.75) is 6.42 Å². The first kappa shape index (κ1) is 14.5. The molecule has 1 aromatic carbocycles. The molecule has 0 fully saturated rings. The number of hydrogen-bond acceptors (Lipinski definition) is 5. The summed E-state index contributed by atoms with van der Waals surface area (Å²) in [5.74, 6) is 0.269. The Morgan fingerprint density at radius 1 is 1.39 bits per heavy atom. The van der Waals surface area contributed by atoms with Crippen molar-refractivity contribution in [2.75, 3.05) is 19.0 Å². The molecule has 0 radical (unpaired) electrons. The van der Waals surface area contributed by atoms with Crippen LogP contribution in [0.4, 0.5) is 0 Å². The van der Waals surface area contributed by atoms with Crippen molar-refractivity contribution in [3.63, 3.8) is 0 Å². The largest absolute Gasteiger partial charge is 0.493 e. The summed E-state index contributed by atoms with van der Waals surface area (Å²) in [6, 6.07) is 6.64. The molecular weight excluding hydrogens is 302 g/mol. The fourth-order valence-electron chi connectivity index (χ4n) is 1.24. The first-order valence-electron chi connectivity index (χ1n) is 5.28. The van der Waals surface area contributed by atoms with Crippen LogP contribution < -0.4 is 4.74 Å². The van der Waals surface area contributed by atoms with Crippen molar-refractivity contribution in [3.05, 3.63) is 29.8 Å². The second-order valence-electron chi connectivity index (χ2n) is 3.41. The molecule has 0 aliphatic rings. The van der Waals surface area contributed by atoms with Gasteiger partial charge in [-0.2, -0.15) is 0 Å². The molecule has 0 aromatic heterocycles. The van der Waals surface area contributed by atoms with E-state index in [4.69, 9.17) is 9.94 Å². The van der Waals surface area contributed by atoms with E-state index in [1.54, 1.807) is 24.3 Å². The molecule has 0 unspecified atom stereocenters. The van der Waals surface area contributed by atoms with Crippen molar-refractivity contribution in [3.8, 4) is 5.75 Å². The molecule has 0 saturated heterocycles. The minimum absolute atomic E-state index is 0.379. The molecule has 1 rings (SSSR count). The van der Waals surface area contributed by atoms with Gasteiger partial charge >= 0.3 is 5.97 Å². The van der Waals surface area contributed by atoms with Gasteiger partial charge in [0.2, 0.25) is 0 Å². The summed E-state index contributed by atoms with van der Waals surface area (Å²) in [6.45, 7) is 0.405. The number of oxime groups is 1. The van der Waals surface area contributed by atoms with E-state index >= 15 is 0 Å². The van der Waals surface area contributed by atoms with Crippen LogP contribution in [0, 0.1) is 0 Å². The molecule has 98 valence electrons. The van der Waals surface area contributed by atoms with Crippen LogP contribution >= 0.6 is 15.9 Å². The molecule has 1 N–H and O–H groups in total. The highest BCUT2D eigenvalue weighted by atomic mass is 79.9. The van der Waals surface area contributed by atoms with Gasteiger partial charge in [0.1, 0.15) is 5.75 Å². The number of esters is 1. The van der Waals surface area contributed by atoms with Gasteiger partial charge in [-0.15, -0.1) is 0 Å². The van der Waals surface area contributed by atoms with Crippen molar-refractivity contribution in [1.29, 1.82) is 0 Å². The van der Waals surface area contributed by atoms with Crippen molar-refractivity contribution >= 4 is 27.6 Å². The van der Waals surface area contributed by atoms with Crippen molar-refractivity contribution in [1.82, 2.24) is 0 Å². The lowest BCUT2D eigenvalue weighted by Crippen LogP contribution is -2.08. The molecule has 5 nitrogen and oxygen atoms in total. The SMILES string of the molecule is COC(=O)c1ccc(OCCC(CBr)=NO)cc1. The molecule has 0 bridgehead atoms. The Kier molecular flexibility index (Phi) is 6.21. The Morgan fingerprint density at radius 2 is 2.06 bits per heavy atom. The van der Waals surface area contributed by atoms with Gasteiger partial charge in [-0.3, -0.25) is 0 Å². The molecule has 0 heterocycles. The van der Waals surface area contributed by atoms with Crippen LogP contribution in [0.15, 0.2) is 29.4 Å². The standard InChI is InChI=1S/C12H14BrNO4/c1-17-12(15)9-2-4-11(5-3-9)18-7-6-10(8-13)14-16/h2-5,16H,6-8H2,1H3. The van der Waals surface area contributed by atoms with Gasteiger partial charge in [-0.05, 0) is 24.3 Å². The quantitative estimate of drug-likeness (QED) is 0.288. The smallest absolute Gasteiger partial charge is 0.337 e. The second kappa shape index (κ2) is 7.71. The number of carbonyl (C=O) groups excluding carboxylic acids is 1. The van der Waals surface area contributed by atoms with Gasteiger partial charge < -0.3 is 14.7 Å². The lowest BCUT2D eigenvalue weighted by atomic mass is 10.2. The Morgan fingerprint density at radius 3 is 2.56 bits per heavy atom. The van der Waals surface area contributed by atoms with Crippen molar-refractivity contribution in [2.24, 2.45) is 5.16 Å². The second-order valence-corrected chi connectivity index (χ2v) is 3.98. The average molecular weight is 316 g/mol. The summed E-state index contributed by atoms with van der Waals surface area (Å²) >= 11 is 3.20. The van der Waals surface area contributed by atoms with Crippen LogP contribution in [0.2, 0.25) is 0 Å². The third kappa shape index (κ3) is 4.37.